The molecule has 17 heavy (non-hydrogen) atoms. The van der Waals surface area contributed by atoms with Gasteiger partial charge in [-0.3, -0.25) is 0 Å². The lowest BCUT2D eigenvalue weighted by molar-refractivity contribution is 0.357. The monoisotopic (exact) mass is 239 g/mol. The lowest BCUT2D eigenvalue weighted by atomic mass is 10.1. The maximum absolute atomic E-state index is 13.1. The van der Waals surface area contributed by atoms with Gasteiger partial charge in [0.15, 0.2) is 17.3 Å². The molecule has 0 radical (unpaired) electrons. The van der Waals surface area contributed by atoms with Crippen LogP contribution >= 0.6 is 0 Å². The summed E-state index contributed by atoms with van der Waals surface area (Å²) in [6.45, 7) is 0.0997. The fourth-order valence-electron chi connectivity index (χ4n) is 1.38. The minimum absolute atomic E-state index is 0.0469. The molecule has 0 aliphatic carbocycles. The molecule has 7 heteroatoms. The van der Waals surface area contributed by atoms with Crippen molar-refractivity contribution < 1.29 is 18.8 Å². The molecule has 1 aromatic carbocycles. The van der Waals surface area contributed by atoms with E-state index in [2.05, 4.69) is 10.1 Å². The van der Waals surface area contributed by atoms with E-state index in [4.69, 9.17) is 15.0 Å². The first-order valence-corrected chi connectivity index (χ1v) is 4.75. The molecule has 0 spiro atoms. The molecule has 0 bridgehead atoms. The zero-order chi connectivity index (χ0) is 12.4. The van der Waals surface area contributed by atoms with Crippen LogP contribution in [0.2, 0.25) is 0 Å². The van der Waals surface area contributed by atoms with Gasteiger partial charge in [-0.05, 0) is 12.1 Å². The average molecular weight is 239 g/mol. The van der Waals surface area contributed by atoms with Crippen LogP contribution in [-0.2, 0) is 6.54 Å². The molecule has 0 amide bonds. The molecule has 1 heterocycles. The van der Waals surface area contributed by atoms with Crippen LogP contribution < -0.4 is 10.5 Å². The van der Waals surface area contributed by atoms with Gasteiger partial charge >= 0.3 is 0 Å². The quantitative estimate of drug-likeness (QED) is 0.831. The Morgan fingerprint density at radius 3 is 2.88 bits per heavy atom. The third-order valence-corrected chi connectivity index (χ3v) is 2.17. The van der Waals surface area contributed by atoms with Crippen LogP contribution in [0.4, 0.5) is 4.39 Å². The molecule has 6 nitrogen and oxygen atoms in total. The number of hydrogen-bond donors (Lipinski definition) is 2. The fourth-order valence-corrected chi connectivity index (χ4v) is 1.38. The third kappa shape index (κ3) is 1.92. The van der Waals surface area contributed by atoms with Gasteiger partial charge in [0.25, 0.3) is 0 Å². The Morgan fingerprint density at radius 1 is 1.53 bits per heavy atom. The van der Waals surface area contributed by atoms with Gasteiger partial charge in [-0.15, -0.1) is 0 Å². The molecular formula is C10H10FN3O3. The van der Waals surface area contributed by atoms with Crippen molar-refractivity contribution >= 4 is 0 Å². The van der Waals surface area contributed by atoms with Gasteiger partial charge in [0.1, 0.15) is 0 Å². The third-order valence-electron chi connectivity index (χ3n) is 2.17. The largest absolute Gasteiger partial charge is 0.502 e. The first kappa shape index (κ1) is 11.3. The summed E-state index contributed by atoms with van der Waals surface area (Å²) >= 11 is 0. The van der Waals surface area contributed by atoms with E-state index in [0.29, 0.717) is 5.56 Å². The van der Waals surface area contributed by atoms with E-state index in [1.165, 1.54) is 13.2 Å². The number of benzene rings is 1. The second kappa shape index (κ2) is 4.38. The van der Waals surface area contributed by atoms with Crippen LogP contribution in [0.25, 0.3) is 11.4 Å². The van der Waals surface area contributed by atoms with E-state index < -0.39 is 11.6 Å². The fraction of sp³-hybridized carbons (Fsp3) is 0.200. The minimum atomic E-state index is -0.784. The van der Waals surface area contributed by atoms with Crippen LogP contribution in [0.3, 0.4) is 0 Å². The number of phenols is 1. The number of hydrogen-bond acceptors (Lipinski definition) is 6. The van der Waals surface area contributed by atoms with Crippen molar-refractivity contribution in [3.8, 4) is 22.9 Å². The van der Waals surface area contributed by atoms with Crippen molar-refractivity contribution in [3.05, 3.63) is 23.8 Å². The molecule has 2 rings (SSSR count). The maximum Gasteiger partial charge on any atom is 0.240 e. The van der Waals surface area contributed by atoms with Crippen LogP contribution in [0.15, 0.2) is 16.7 Å². The second-order valence-corrected chi connectivity index (χ2v) is 3.19. The normalized spacial score (nSPS) is 10.5. The Morgan fingerprint density at radius 2 is 2.29 bits per heavy atom. The van der Waals surface area contributed by atoms with Crippen LogP contribution in [0, 0.1) is 5.82 Å². The number of nitrogens with zero attached hydrogens (tertiary/aromatic N) is 2. The standard InChI is InChI=1S/C10H10FN3O3/c1-16-9-5(2-3-6(11)8(9)15)10-13-7(4-12)17-14-10/h2-3,15H,4,12H2,1H3. The molecule has 1 aromatic heterocycles. The first-order valence-electron chi connectivity index (χ1n) is 4.75. The topological polar surface area (TPSA) is 94.4 Å². The van der Waals surface area contributed by atoms with Crippen LogP contribution in [0.5, 0.6) is 11.5 Å². The molecule has 0 fully saturated rings. The SMILES string of the molecule is COc1c(-c2noc(CN)n2)ccc(F)c1O. The number of aromatic nitrogens is 2. The molecule has 0 saturated heterocycles. The highest BCUT2D eigenvalue weighted by Crippen LogP contribution is 2.37. The van der Waals surface area contributed by atoms with Crippen molar-refractivity contribution in [2.24, 2.45) is 5.73 Å². The Hall–Kier alpha value is -2.15. The predicted octanol–water partition coefficient (Wildman–Crippen LogP) is 1.05. The van der Waals surface area contributed by atoms with Gasteiger partial charge < -0.3 is 20.1 Å². The van der Waals surface area contributed by atoms with E-state index in [1.54, 1.807) is 0 Å². The van der Waals surface area contributed by atoms with Crippen LogP contribution in [0.1, 0.15) is 5.89 Å². The van der Waals surface area contributed by atoms with Gasteiger partial charge in [0.05, 0.1) is 19.2 Å². The van der Waals surface area contributed by atoms with E-state index in [-0.39, 0.29) is 24.0 Å². The number of rotatable bonds is 3. The smallest absolute Gasteiger partial charge is 0.240 e. The summed E-state index contributed by atoms with van der Waals surface area (Å²) < 4.78 is 22.9. The number of phenolic OH excluding ortho intramolecular Hbond substituents is 1. The van der Waals surface area contributed by atoms with E-state index in [1.807, 2.05) is 0 Å². The van der Waals surface area contributed by atoms with Crippen molar-refractivity contribution in [1.29, 1.82) is 0 Å². The summed E-state index contributed by atoms with van der Waals surface area (Å²) in [7, 11) is 1.31. The van der Waals surface area contributed by atoms with Gasteiger partial charge in [0.2, 0.25) is 11.7 Å². The summed E-state index contributed by atoms with van der Waals surface area (Å²) in [6, 6.07) is 2.48. The maximum atomic E-state index is 13.1. The summed E-state index contributed by atoms with van der Waals surface area (Å²) in [5, 5.41) is 13.1. The number of methoxy groups -OCH3 is 1. The van der Waals surface area contributed by atoms with Gasteiger partial charge in [0, 0.05) is 0 Å². The summed E-state index contributed by atoms with van der Waals surface area (Å²) in [6.07, 6.45) is 0. The molecule has 3 N–H and O–H groups in total. The van der Waals surface area contributed by atoms with Crippen molar-refractivity contribution in [3.63, 3.8) is 0 Å². The Labute approximate surface area is 95.8 Å². The molecular weight excluding hydrogens is 229 g/mol. The van der Waals surface area contributed by atoms with E-state index >= 15 is 0 Å². The molecule has 0 atom stereocenters. The molecule has 0 aliphatic rings. The van der Waals surface area contributed by atoms with Crippen LogP contribution in [-0.4, -0.2) is 22.4 Å². The highest BCUT2D eigenvalue weighted by Gasteiger charge is 2.18. The van der Waals surface area contributed by atoms with Gasteiger partial charge in [-0.2, -0.15) is 4.98 Å². The molecule has 90 valence electrons. The predicted molar refractivity (Wildman–Crippen MR) is 55.8 cm³/mol. The molecule has 0 aliphatic heterocycles. The highest BCUT2D eigenvalue weighted by molar-refractivity contribution is 5.68. The van der Waals surface area contributed by atoms with Gasteiger partial charge in [-0.1, -0.05) is 5.16 Å². The van der Waals surface area contributed by atoms with Crippen molar-refractivity contribution in [1.82, 2.24) is 10.1 Å². The zero-order valence-corrected chi connectivity index (χ0v) is 8.98. The summed E-state index contributed by atoms with van der Waals surface area (Å²) in [4.78, 5) is 3.96. The second-order valence-electron chi connectivity index (χ2n) is 3.19. The highest BCUT2D eigenvalue weighted by atomic mass is 19.1. The van der Waals surface area contributed by atoms with Gasteiger partial charge in [-0.25, -0.2) is 4.39 Å². The minimum Gasteiger partial charge on any atom is -0.502 e. The molecule has 0 saturated carbocycles. The number of nitrogens with two attached hydrogens (primary N) is 1. The average Bonchev–Trinajstić information content (AvgIpc) is 2.81. The zero-order valence-electron chi connectivity index (χ0n) is 8.98. The summed E-state index contributed by atoms with van der Waals surface area (Å²) in [5.74, 6) is -1.00. The number of aromatic hydroxyl groups is 1. The van der Waals surface area contributed by atoms with E-state index in [9.17, 15) is 9.50 Å². The summed E-state index contributed by atoms with van der Waals surface area (Å²) in [5.41, 5.74) is 5.66. The number of ether oxygens (including phenoxy) is 1. The van der Waals surface area contributed by atoms with Crippen molar-refractivity contribution in [2.45, 2.75) is 6.54 Å². The molecule has 2 aromatic rings. The Kier molecular flexibility index (Phi) is 2.92. The Bertz CT molecular complexity index is 542. The molecule has 0 unspecified atom stereocenters. The lowest BCUT2D eigenvalue weighted by Gasteiger charge is -2.07. The Balaban J connectivity index is 2.55. The number of halogens is 1. The first-order chi connectivity index (χ1) is 8.17. The van der Waals surface area contributed by atoms with E-state index in [0.717, 1.165) is 6.07 Å². The lowest BCUT2D eigenvalue weighted by Crippen LogP contribution is -1.96. The van der Waals surface area contributed by atoms with Crippen molar-refractivity contribution in [2.75, 3.05) is 7.11 Å².